The lowest BCUT2D eigenvalue weighted by Crippen LogP contribution is -2.61. The van der Waals surface area contributed by atoms with Crippen LogP contribution in [0.15, 0.2) is 42.5 Å². The number of amides is 3. The fourth-order valence-electron chi connectivity index (χ4n) is 5.25. The van der Waals surface area contributed by atoms with Crippen LogP contribution in [0.25, 0.3) is 10.9 Å². The first-order valence-corrected chi connectivity index (χ1v) is 11.6. The standard InChI is InChI=1S/C26H28N4O4/c1-3-10-28-15-24(31)30-14-23-20(12-22(30)26(28)33)19-11-16(2)4-9-21(19)29(23)13-17-5-7-18(8-6-17)25(32)27-34/h4-9,11,22,34H,3,10,12-15H2,1-2H3,(H,27,32). The van der Waals surface area contributed by atoms with Gasteiger partial charge in [-0.05, 0) is 48.7 Å². The van der Waals surface area contributed by atoms with Crippen LogP contribution in [0.4, 0.5) is 0 Å². The molecule has 176 valence electrons. The Morgan fingerprint density at radius 2 is 1.88 bits per heavy atom. The first-order chi connectivity index (χ1) is 16.4. The van der Waals surface area contributed by atoms with Crippen LogP contribution in [-0.2, 0) is 29.1 Å². The number of nitrogens with zero attached hydrogens (tertiary/aromatic N) is 3. The smallest absolute Gasteiger partial charge is 0.274 e. The van der Waals surface area contributed by atoms with E-state index >= 15 is 0 Å². The molecule has 3 aromatic rings. The van der Waals surface area contributed by atoms with Gasteiger partial charge in [-0.2, -0.15) is 0 Å². The van der Waals surface area contributed by atoms with Gasteiger partial charge in [0.05, 0.1) is 13.1 Å². The lowest BCUT2D eigenvalue weighted by atomic mass is 9.93. The molecule has 1 fully saturated rings. The van der Waals surface area contributed by atoms with E-state index in [0.29, 0.717) is 31.6 Å². The summed E-state index contributed by atoms with van der Waals surface area (Å²) in [4.78, 5) is 41.3. The van der Waals surface area contributed by atoms with Crippen molar-refractivity contribution in [2.75, 3.05) is 13.1 Å². The molecule has 2 aromatic carbocycles. The molecule has 5 rings (SSSR count). The zero-order valence-electron chi connectivity index (χ0n) is 19.4. The summed E-state index contributed by atoms with van der Waals surface area (Å²) in [6, 6.07) is 13.0. The SMILES string of the molecule is CCCN1CC(=O)N2Cc3c(c4cc(C)ccc4n3Cc3ccc(C(=O)NO)cc3)CC2C1=O. The highest BCUT2D eigenvalue weighted by Gasteiger charge is 2.43. The maximum Gasteiger partial charge on any atom is 0.274 e. The Balaban J connectivity index is 1.56. The van der Waals surface area contributed by atoms with E-state index in [4.69, 9.17) is 5.21 Å². The number of aromatic nitrogens is 1. The number of fused-ring (bicyclic) bond motifs is 4. The van der Waals surface area contributed by atoms with Crippen molar-refractivity contribution in [2.45, 2.75) is 45.8 Å². The van der Waals surface area contributed by atoms with Crippen molar-refractivity contribution in [3.05, 3.63) is 70.4 Å². The summed E-state index contributed by atoms with van der Waals surface area (Å²) in [7, 11) is 0. The third kappa shape index (κ3) is 3.64. The van der Waals surface area contributed by atoms with Crippen molar-refractivity contribution in [1.29, 1.82) is 0 Å². The average molecular weight is 461 g/mol. The van der Waals surface area contributed by atoms with Crippen LogP contribution in [0.1, 0.15) is 46.1 Å². The topological polar surface area (TPSA) is 94.9 Å². The fourth-order valence-corrected chi connectivity index (χ4v) is 5.25. The predicted molar refractivity (Wildman–Crippen MR) is 126 cm³/mol. The Morgan fingerprint density at radius 3 is 2.59 bits per heavy atom. The van der Waals surface area contributed by atoms with E-state index in [1.165, 1.54) is 0 Å². The van der Waals surface area contributed by atoms with Crippen molar-refractivity contribution in [3.8, 4) is 0 Å². The van der Waals surface area contributed by atoms with Gasteiger partial charge in [0, 0.05) is 41.7 Å². The number of carbonyl (C=O) groups excluding carboxylic acids is 3. The minimum absolute atomic E-state index is 0.00365. The molecule has 1 atom stereocenters. The summed E-state index contributed by atoms with van der Waals surface area (Å²) in [5, 5.41) is 9.98. The van der Waals surface area contributed by atoms with E-state index in [-0.39, 0.29) is 18.4 Å². The Bertz CT molecular complexity index is 1290. The van der Waals surface area contributed by atoms with Crippen molar-refractivity contribution in [1.82, 2.24) is 19.8 Å². The third-order valence-electron chi connectivity index (χ3n) is 6.93. The highest BCUT2D eigenvalue weighted by Crippen LogP contribution is 2.36. The molecule has 0 saturated carbocycles. The van der Waals surface area contributed by atoms with E-state index in [0.717, 1.165) is 39.7 Å². The molecular formula is C26H28N4O4. The highest BCUT2D eigenvalue weighted by molar-refractivity contribution is 5.97. The molecule has 3 amide bonds. The first-order valence-electron chi connectivity index (χ1n) is 11.6. The molecule has 1 saturated heterocycles. The Labute approximate surface area is 197 Å². The minimum atomic E-state index is -0.553. The van der Waals surface area contributed by atoms with Crippen molar-refractivity contribution < 1.29 is 19.6 Å². The van der Waals surface area contributed by atoms with Gasteiger partial charge in [0.15, 0.2) is 0 Å². The summed E-state index contributed by atoms with van der Waals surface area (Å²) >= 11 is 0. The second-order valence-electron chi connectivity index (χ2n) is 9.17. The van der Waals surface area contributed by atoms with Crippen molar-refractivity contribution >= 4 is 28.6 Å². The van der Waals surface area contributed by atoms with Crippen molar-refractivity contribution in [2.24, 2.45) is 0 Å². The quantitative estimate of drug-likeness (QED) is 0.452. The fraction of sp³-hybridized carbons (Fsp3) is 0.346. The van der Waals surface area contributed by atoms with Gasteiger partial charge in [-0.3, -0.25) is 19.6 Å². The summed E-state index contributed by atoms with van der Waals surface area (Å²) in [6.45, 7) is 5.80. The van der Waals surface area contributed by atoms with Crippen LogP contribution in [0.5, 0.6) is 0 Å². The molecule has 0 aliphatic carbocycles. The third-order valence-corrected chi connectivity index (χ3v) is 6.93. The molecule has 2 aliphatic rings. The van der Waals surface area contributed by atoms with Gasteiger partial charge in [-0.1, -0.05) is 30.7 Å². The molecule has 8 heteroatoms. The van der Waals surface area contributed by atoms with Crippen molar-refractivity contribution in [3.63, 3.8) is 0 Å². The van der Waals surface area contributed by atoms with Crippen LogP contribution >= 0.6 is 0 Å². The zero-order chi connectivity index (χ0) is 24.0. The Hall–Kier alpha value is -3.65. The molecule has 8 nitrogen and oxygen atoms in total. The first kappa shape index (κ1) is 22.2. The summed E-state index contributed by atoms with van der Waals surface area (Å²) in [5.41, 5.74) is 7.42. The van der Waals surface area contributed by atoms with Gasteiger partial charge in [-0.15, -0.1) is 0 Å². The molecule has 2 N–H and O–H groups in total. The van der Waals surface area contributed by atoms with Crippen LogP contribution in [-0.4, -0.2) is 56.4 Å². The molecule has 34 heavy (non-hydrogen) atoms. The summed E-state index contributed by atoms with van der Waals surface area (Å²) in [6.07, 6.45) is 1.34. The van der Waals surface area contributed by atoms with Gasteiger partial charge in [0.1, 0.15) is 6.04 Å². The average Bonchev–Trinajstić information content (AvgIpc) is 3.13. The number of hydrogen-bond donors (Lipinski definition) is 2. The molecule has 1 aromatic heterocycles. The van der Waals surface area contributed by atoms with Crippen LogP contribution in [0.2, 0.25) is 0 Å². The molecule has 0 radical (unpaired) electrons. The van der Waals surface area contributed by atoms with Gasteiger partial charge < -0.3 is 14.4 Å². The second kappa shape index (κ2) is 8.61. The van der Waals surface area contributed by atoms with Crippen LogP contribution in [0, 0.1) is 6.92 Å². The lowest BCUT2D eigenvalue weighted by molar-refractivity contribution is -0.157. The van der Waals surface area contributed by atoms with Gasteiger partial charge >= 0.3 is 0 Å². The van der Waals surface area contributed by atoms with E-state index < -0.39 is 11.9 Å². The molecular weight excluding hydrogens is 432 g/mol. The minimum Gasteiger partial charge on any atom is -0.338 e. The molecule has 2 aliphatic heterocycles. The number of benzene rings is 2. The second-order valence-corrected chi connectivity index (χ2v) is 9.17. The predicted octanol–water partition coefficient (Wildman–Crippen LogP) is 2.62. The number of hydroxylamine groups is 1. The largest absolute Gasteiger partial charge is 0.338 e. The van der Waals surface area contributed by atoms with Gasteiger partial charge in [-0.25, -0.2) is 5.48 Å². The van der Waals surface area contributed by atoms with E-state index in [1.807, 2.05) is 19.1 Å². The van der Waals surface area contributed by atoms with Crippen LogP contribution in [0.3, 0.4) is 0 Å². The normalized spacial score (nSPS) is 17.7. The summed E-state index contributed by atoms with van der Waals surface area (Å²) < 4.78 is 2.22. The van der Waals surface area contributed by atoms with E-state index in [9.17, 15) is 14.4 Å². The van der Waals surface area contributed by atoms with Crippen LogP contribution < -0.4 is 5.48 Å². The maximum absolute atomic E-state index is 13.2. The molecule has 0 bridgehead atoms. The number of hydrogen-bond acceptors (Lipinski definition) is 4. The zero-order valence-corrected chi connectivity index (χ0v) is 19.4. The molecule has 3 heterocycles. The number of piperazine rings is 1. The highest BCUT2D eigenvalue weighted by atomic mass is 16.5. The number of aryl methyl sites for hydroxylation is 1. The maximum atomic E-state index is 13.2. The Morgan fingerprint density at radius 1 is 1.12 bits per heavy atom. The number of carbonyl (C=O) groups is 3. The van der Waals surface area contributed by atoms with E-state index in [2.05, 4.69) is 29.7 Å². The molecule has 0 spiro atoms. The number of nitrogens with one attached hydrogen (secondary N) is 1. The van der Waals surface area contributed by atoms with Gasteiger partial charge in [0.2, 0.25) is 11.8 Å². The van der Waals surface area contributed by atoms with E-state index in [1.54, 1.807) is 27.4 Å². The molecule has 1 unspecified atom stereocenters. The number of rotatable bonds is 5. The lowest BCUT2D eigenvalue weighted by Gasteiger charge is -2.43. The monoisotopic (exact) mass is 460 g/mol. The Kier molecular flexibility index (Phi) is 5.61. The van der Waals surface area contributed by atoms with Gasteiger partial charge in [0.25, 0.3) is 5.91 Å². The summed E-state index contributed by atoms with van der Waals surface area (Å²) in [5.74, 6) is -0.517.